The normalized spacial score (nSPS) is 12.8. The van der Waals surface area contributed by atoms with Gasteiger partial charge in [0.15, 0.2) is 6.29 Å². The van der Waals surface area contributed by atoms with E-state index in [0.717, 1.165) is 19.3 Å². The van der Waals surface area contributed by atoms with E-state index >= 15 is 0 Å². The predicted molar refractivity (Wildman–Crippen MR) is 48.7 cm³/mol. The van der Waals surface area contributed by atoms with Crippen molar-refractivity contribution in [3.05, 3.63) is 18.0 Å². The smallest absolute Gasteiger partial charge is 0.168 e. The third-order valence-corrected chi connectivity index (χ3v) is 2.02. The topological polar surface area (TPSA) is 44.1 Å². The molecule has 0 aromatic carbocycles. The second kappa shape index (κ2) is 4.77. The summed E-state index contributed by atoms with van der Waals surface area (Å²) in [6.45, 7) is 2.71. The minimum absolute atomic E-state index is 0.198. The number of carbonyl (C=O) groups is 1. The molecule has 4 nitrogen and oxygen atoms in total. The van der Waals surface area contributed by atoms with Crippen LogP contribution < -0.4 is 0 Å². The fraction of sp³-hybridized carbons (Fsp3) is 0.556. The van der Waals surface area contributed by atoms with E-state index in [1.807, 2.05) is 6.92 Å². The molecule has 1 heterocycles. The molecule has 1 aromatic heterocycles. The zero-order chi connectivity index (χ0) is 9.68. The van der Waals surface area contributed by atoms with Gasteiger partial charge in [-0.1, -0.05) is 0 Å². The fourth-order valence-electron chi connectivity index (χ4n) is 1.05. The summed E-state index contributed by atoms with van der Waals surface area (Å²) < 4.78 is 6.78. The quantitative estimate of drug-likeness (QED) is 0.641. The van der Waals surface area contributed by atoms with Gasteiger partial charge in [0.05, 0.1) is 6.10 Å². The Morgan fingerprint density at radius 1 is 1.77 bits per heavy atom. The number of aromatic nitrogens is 2. The molecule has 1 atom stereocenters. The SMILES string of the molecule is COC(C)CCn1nccc1C=O. The molecular formula is C9H14N2O2. The van der Waals surface area contributed by atoms with Crippen molar-refractivity contribution >= 4 is 6.29 Å². The van der Waals surface area contributed by atoms with Crippen molar-refractivity contribution in [2.45, 2.75) is 26.0 Å². The number of ether oxygens (including phenoxy) is 1. The zero-order valence-corrected chi connectivity index (χ0v) is 7.93. The van der Waals surface area contributed by atoms with Crippen LogP contribution in [0.25, 0.3) is 0 Å². The van der Waals surface area contributed by atoms with Crippen LogP contribution in [0.5, 0.6) is 0 Å². The maximum atomic E-state index is 10.5. The average Bonchev–Trinajstić information content (AvgIpc) is 2.61. The molecule has 0 radical (unpaired) electrons. The minimum atomic E-state index is 0.198. The first kappa shape index (κ1) is 9.92. The van der Waals surface area contributed by atoms with Crippen LogP contribution >= 0.6 is 0 Å². The van der Waals surface area contributed by atoms with Crippen LogP contribution in [0.3, 0.4) is 0 Å². The van der Waals surface area contributed by atoms with E-state index in [-0.39, 0.29) is 6.10 Å². The fourth-order valence-corrected chi connectivity index (χ4v) is 1.05. The maximum Gasteiger partial charge on any atom is 0.168 e. The molecule has 1 unspecified atom stereocenters. The highest BCUT2D eigenvalue weighted by molar-refractivity contribution is 5.71. The minimum Gasteiger partial charge on any atom is -0.382 e. The third kappa shape index (κ3) is 2.66. The number of hydrogen-bond donors (Lipinski definition) is 0. The van der Waals surface area contributed by atoms with Gasteiger partial charge in [-0.2, -0.15) is 5.10 Å². The number of hydrogen-bond acceptors (Lipinski definition) is 3. The second-order valence-corrected chi connectivity index (χ2v) is 2.93. The number of aryl methyl sites for hydroxylation is 1. The van der Waals surface area contributed by atoms with Gasteiger partial charge in [0, 0.05) is 19.9 Å². The maximum absolute atomic E-state index is 10.5. The van der Waals surface area contributed by atoms with Gasteiger partial charge in [0.1, 0.15) is 5.69 Å². The molecular weight excluding hydrogens is 168 g/mol. The highest BCUT2D eigenvalue weighted by Gasteiger charge is 2.03. The third-order valence-electron chi connectivity index (χ3n) is 2.02. The van der Waals surface area contributed by atoms with Crippen LogP contribution in [0.4, 0.5) is 0 Å². The summed E-state index contributed by atoms with van der Waals surface area (Å²) in [5.74, 6) is 0. The number of carbonyl (C=O) groups excluding carboxylic acids is 1. The first-order chi connectivity index (χ1) is 6.27. The molecule has 1 aromatic rings. The first-order valence-electron chi connectivity index (χ1n) is 4.27. The van der Waals surface area contributed by atoms with Gasteiger partial charge in [-0.25, -0.2) is 0 Å². The van der Waals surface area contributed by atoms with Crippen LogP contribution in [0.1, 0.15) is 23.8 Å². The Morgan fingerprint density at radius 2 is 2.54 bits per heavy atom. The summed E-state index contributed by atoms with van der Waals surface area (Å²) in [5, 5.41) is 4.02. The monoisotopic (exact) mass is 182 g/mol. The van der Waals surface area contributed by atoms with Crippen molar-refractivity contribution in [1.82, 2.24) is 9.78 Å². The number of aldehydes is 1. The highest BCUT2D eigenvalue weighted by Crippen LogP contribution is 2.01. The lowest BCUT2D eigenvalue weighted by molar-refractivity contribution is 0.104. The van der Waals surface area contributed by atoms with Crippen LogP contribution in [-0.2, 0) is 11.3 Å². The summed E-state index contributed by atoms with van der Waals surface area (Å²) in [7, 11) is 1.67. The number of nitrogens with zero attached hydrogens (tertiary/aromatic N) is 2. The highest BCUT2D eigenvalue weighted by atomic mass is 16.5. The molecule has 0 spiro atoms. The lowest BCUT2D eigenvalue weighted by Crippen LogP contribution is -2.12. The molecule has 13 heavy (non-hydrogen) atoms. The van der Waals surface area contributed by atoms with E-state index in [0.29, 0.717) is 5.69 Å². The molecule has 0 aliphatic rings. The average molecular weight is 182 g/mol. The van der Waals surface area contributed by atoms with Crippen LogP contribution in [0.2, 0.25) is 0 Å². The summed E-state index contributed by atoms with van der Waals surface area (Å²) >= 11 is 0. The van der Waals surface area contributed by atoms with E-state index in [2.05, 4.69) is 5.10 Å². The van der Waals surface area contributed by atoms with Crippen LogP contribution in [0, 0.1) is 0 Å². The van der Waals surface area contributed by atoms with Crippen molar-refractivity contribution in [2.24, 2.45) is 0 Å². The summed E-state index contributed by atoms with van der Waals surface area (Å²) in [6, 6.07) is 1.70. The summed E-state index contributed by atoms with van der Waals surface area (Å²) in [4.78, 5) is 10.5. The summed E-state index contributed by atoms with van der Waals surface area (Å²) in [6.07, 6.45) is 3.49. The standard InChI is InChI=1S/C9H14N2O2/c1-8(13-2)4-6-11-9(7-12)3-5-10-11/h3,5,7-8H,4,6H2,1-2H3. The second-order valence-electron chi connectivity index (χ2n) is 2.93. The van der Waals surface area contributed by atoms with Crippen molar-refractivity contribution in [3.8, 4) is 0 Å². The van der Waals surface area contributed by atoms with Gasteiger partial charge >= 0.3 is 0 Å². The van der Waals surface area contributed by atoms with E-state index in [4.69, 9.17) is 4.74 Å². The first-order valence-corrected chi connectivity index (χ1v) is 4.27. The van der Waals surface area contributed by atoms with E-state index in [1.54, 1.807) is 24.1 Å². The van der Waals surface area contributed by atoms with Crippen molar-refractivity contribution in [2.75, 3.05) is 7.11 Å². The summed E-state index contributed by atoms with van der Waals surface area (Å²) in [5.41, 5.74) is 0.614. The molecule has 0 aliphatic heterocycles. The van der Waals surface area contributed by atoms with Gasteiger partial charge in [0.25, 0.3) is 0 Å². The molecule has 0 amide bonds. The van der Waals surface area contributed by atoms with E-state index in [9.17, 15) is 4.79 Å². The van der Waals surface area contributed by atoms with Crippen LogP contribution in [0.15, 0.2) is 12.3 Å². The van der Waals surface area contributed by atoms with Gasteiger partial charge < -0.3 is 4.74 Å². The lowest BCUT2D eigenvalue weighted by atomic mass is 10.3. The molecule has 0 N–H and O–H groups in total. The Bertz CT molecular complexity index is 270. The Labute approximate surface area is 77.5 Å². The van der Waals surface area contributed by atoms with Gasteiger partial charge in [0.2, 0.25) is 0 Å². The van der Waals surface area contributed by atoms with Gasteiger partial charge in [-0.15, -0.1) is 0 Å². The molecule has 0 saturated carbocycles. The van der Waals surface area contributed by atoms with Crippen LogP contribution in [-0.4, -0.2) is 29.3 Å². The number of methoxy groups -OCH3 is 1. The predicted octanol–water partition coefficient (Wildman–Crippen LogP) is 1.12. The van der Waals surface area contributed by atoms with Crippen molar-refractivity contribution in [1.29, 1.82) is 0 Å². The Hall–Kier alpha value is -1.16. The van der Waals surface area contributed by atoms with E-state index in [1.165, 1.54) is 0 Å². The van der Waals surface area contributed by atoms with Gasteiger partial charge in [-0.3, -0.25) is 9.48 Å². The molecule has 0 fully saturated rings. The molecule has 0 saturated heterocycles. The molecule has 0 aliphatic carbocycles. The number of rotatable bonds is 5. The lowest BCUT2D eigenvalue weighted by Gasteiger charge is -2.09. The molecule has 0 bridgehead atoms. The molecule has 4 heteroatoms. The Morgan fingerprint density at radius 3 is 3.15 bits per heavy atom. The van der Waals surface area contributed by atoms with Crippen molar-refractivity contribution in [3.63, 3.8) is 0 Å². The molecule has 72 valence electrons. The Kier molecular flexibility index (Phi) is 3.64. The van der Waals surface area contributed by atoms with Crippen molar-refractivity contribution < 1.29 is 9.53 Å². The van der Waals surface area contributed by atoms with Gasteiger partial charge in [-0.05, 0) is 19.4 Å². The zero-order valence-electron chi connectivity index (χ0n) is 7.93. The largest absolute Gasteiger partial charge is 0.382 e. The van der Waals surface area contributed by atoms with E-state index < -0.39 is 0 Å². The molecule has 1 rings (SSSR count). The Balaban J connectivity index is 2.49.